The molecule has 1 unspecified atom stereocenters. The number of nitrogens with zero attached hydrogens (tertiary/aromatic N) is 1. The Morgan fingerprint density at radius 3 is 2.71 bits per heavy atom. The number of carbonyl (C=O) groups excluding carboxylic acids is 1. The number of hydrogen-bond acceptors (Lipinski definition) is 4. The summed E-state index contributed by atoms with van der Waals surface area (Å²) in [5.74, 6) is 0.470. The number of pyridine rings is 1. The first kappa shape index (κ1) is 10.7. The van der Waals surface area contributed by atoms with Gasteiger partial charge in [-0.25, -0.2) is 0 Å². The third-order valence-corrected chi connectivity index (χ3v) is 1.96. The van der Waals surface area contributed by atoms with Crippen LogP contribution in [0.15, 0.2) is 18.5 Å². The van der Waals surface area contributed by atoms with Crippen LogP contribution < -0.4 is 4.74 Å². The summed E-state index contributed by atoms with van der Waals surface area (Å²) in [6.07, 6.45) is 2.60. The van der Waals surface area contributed by atoms with Gasteiger partial charge >= 0.3 is 0 Å². The van der Waals surface area contributed by atoms with Gasteiger partial charge in [0.1, 0.15) is 11.9 Å². The molecular weight excluding hydrogens is 182 g/mol. The standard InChI is InChI=1S/C10H13NO3/c1-7(13-2)10(12)8-4-9(14-3)6-11-5-8/h4-7H,1-3H3. The lowest BCUT2D eigenvalue weighted by Gasteiger charge is -2.08. The van der Waals surface area contributed by atoms with Gasteiger partial charge in [-0.2, -0.15) is 0 Å². The molecule has 76 valence electrons. The van der Waals surface area contributed by atoms with Crippen molar-refractivity contribution in [2.45, 2.75) is 13.0 Å². The lowest BCUT2D eigenvalue weighted by atomic mass is 10.1. The summed E-state index contributed by atoms with van der Waals surface area (Å²) in [6, 6.07) is 1.64. The van der Waals surface area contributed by atoms with E-state index < -0.39 is 6.10 Å². The zero-order valence-corrected chi connectivity index (χ0v) is 8.48. The molecule has 1 rings (SSSR count). The molecule has 0 radical (unpaired) electrons. The summed E-state index contributed by atoms with van der Waals surface area (Å²) in [4.78, 5) is 15.5. The summed E-state index contributed by atoms with van der Waals surface area (Å²) < 4.78 is 9.88. The van der Waals surface area contributed by atoms with Crippen LogP contribution in [0, 0.1) is 0 Å². The number of Topliss-reactive ketones (excluding diaryl/α,β-unsaturated/α-hetero) is 1. The zero-order valence-electron chi connectivity index (χ0n) is 8.48. The molecule has 0 fully saturated rings. The highest BCUT2D eigenvalue weighted by molar-refractivity contribution is 5.99. The molecule has 0 saturated carbocycles. The fraction of sp³-hybridized carbons (Fsp3) is 0.400. The maximum absolute atomic E-state index is 11.6. The third-order valence-electron chi connectivity index (χ3n) is 1.96. The SMILES string of the molecule is COc1cncc(C(=O)C(C)OC)c1. The van der Waals surface area contributed by atoms with Gasteiger partial charge in [0.15, 0.2) is 5.78 Å². The van der Waals surface area contributed by atoms with Crippen LogP contribution >= 0.6 is 0 Å². The van der Waals surface area contributed by atoms with E-state index in [0.717, 1.165) is 0 Å². The first-order valence-electron chi connectivity index (χ1n) is 4.25. The normalized spacial score (nSPS) is 12.2. The quantitative estimate of drug-likeness (QED) is 0.679. The number of hydrogen-bond donors (Lipinski definition) is 0. The highest BCUT2D eigenvalue weighted by Crippen LogP contribution is 2.12. The number of ketones is 1. The fourth-order valence-corrected chi connectivity index (χ4v) is 1.01. The van der Waals surface area contributed by atoms with E-state index >= 15 is 0 Å². The van der Waals surface area contributed by atoms with E-state index in [1.165, 1.54) is 20.4 Å². The Bertz CT molecular complexity index is 325. The summed E-state index contributed by atoms with van der Waals surface area (Å²) in [6.45, 7) is 1.70. The van der Waals surface area contributed by atoms with Gasteiger partial charge in [-0.3, -0.25) is 9.78 Å². The smallest absolute Gasteiger partial charge is 0.192 e. The second-order valence-corrected chi connectivity index (χ2v) is 2.86. The Labute approximate surface area is 82.9 Å². The molecule has 4 heteroatoms. The minimum atomic E-state index is -0.455. The second kappa shape index (κ2) is 4.72. The van der Waals surface area contributed by atoms with E-state index in [-0.39, 0.29) is 5.78 Å². The molecule has 1 atom stereocenters. The van der Waals surface area contributed by atoms with E-state index in [4.69, 9.17) is 9.47 Å². The average molecular weight is 195 g/mol. The van der Waals surface area contributed by atoms with Crippen LogP contribution in [0.25, 0.3) is 0 Å². The van der Waals surface area contributed by atoms with Crippen LogP contribution in [0.3, 0.4) is 0 Å². The van der Waals surface area contributed by atoms with E-state index in [1.54, 1.807) is 19.2 Å². The van der Waals surface area contributed by atoms with Gasteiger partial charge < -0.3 is 9.47 Å². The summed E-state index contributed by atoms with van der Waals surface area (Å²) in [5.41, 5.74) is 0.499. The van der Waals surface area contributed by atoms with E-state index in [0.29, 0.717) is 11.3 Å². The third kappa shape index (κ3) is 2.29. The van der Waals surface area contributed by atoms with E-state index in [1.807, 2.05) is 0 Å². The molecule has 0 aliphatic carbocycles. The molecule has 0 amide bonds. The Hall–Kier alpha value is -1.42. The molecule has 0 spiro atoms. The van der Waals surface area contributed by atoms with Crippen molar-refractivity contribution in [3.8, 4) is 5.75 Å². The van der Waals surface area contributed by atoms with Gasteiger partial charge in [-0.1, -0.05) is 0 Å². The molecule has 14 heavy (non-hydrogen) atoms. The molecule has 1 aromatic heterocycles. The van der Waals surface area contributed by atoms with Crippen molar-refractivity contribution < 1.29 is 14.3 Å². The minimum Gasteiger partial charge on any atom is -0.495 e. The molecule has 0 aromatic carbocycles. The topological polar surface area (TPSA) is 48.4 Å². The predicted octanol–water partition coefficient (Wildman–Crippen LogP) is 1.31. The molecule has 0 bridgehead atoms. The van der Waals surface area contributed by atoms with Crippen molar-refractivity contribution in [2.24, 2.45) is 0 Å². The van der Waals surface area contributed by atoms with Crippen molar-refractivity contribution in [3.63, 3.8) is 0 Å². The summed E-state index contributed by atoms with van der Waals surface area (Å²) in [7, 11) is 3.03. The van der Waals surface area contributed by atoms with E-state index in [9.17, 15) is 4.79 Å². The van der Waals surface area contributed by atoms with Crippen LogP contribution in [0.2, 0.25) is 0 Å². The number of rotatable bonds is 4. The Morgan fingerprint density at radius 1 is 1.43 bits per heavy atom. The zero-order chi connectivity index (χ0) is 10.6. The van der Waals surface area contributed by atoms with Crippen LogP contribution in [-0.4, -0.2) is 31.1 Å². The van der Waals surface area contributed by atoms with Gasteiger partial charge in [0.05, 0.1) is 13.3 Å². The second-order valence-electron chi connectivity index (χ2n) is 2.86. The number of ether oxygens (including phenoxy) is 2. The van der Waals surface area contributed by atoms with Crippen LogP contribution in [0.4, 0.5) is 0 Å². The lowest BCUT2D eigenvalue weighted by molar-refractivity contribution is 0.0655. The molecule has 1 heterocycles. The predicted molar refractivity (Wildman–Crippen MR) is 51.6 cm³/mol. The van der Waals surface area contributed by atoms with Gasteiger partial charge in [-0.15, -0.1) is 0 Å². The molecule has 0 aliphatic heterocycles. The van der Waals surface area contributed by atoms with Gasteiger partial charge in [0.2, 0.25) is 0 Å². The van der Waals surface area contributed by atoms with Gasteiger partial charge in [-0.05, 0) is 13.0 Å². The van der Waals surface area contributed by atoms with Gasteiger partial charge in [0, 0.05) is 18.9 Å². The maximum Gasteiger partial charge on any atom is 0.192 e. The maximum atomic E-state index is 11.6. The van der Waals surface area contributed by atoms with Crippen molar-refractivity contribution in [2.75, 3.05) is 14.2 Å². The molecule has 4 nitrogen and oxygen atoms in total. The van der Waals surface area contributed by atoms with E-state index in [2.05, 4.69) is 4.98 Å². The lowest BCUT2D eigenvalue weighted by Crippen LogP contribution is -2.19. The van der Waals surface area contributed by atoms with Crippen molar-refractivity contribution in [3.05, 3.63) is 24.0 Å². The van der Waals surface area contributed by atoms with Crippen molar-refractivity contribution in [1.82, 2.24) is 4.98 Å². The Kier molecular flexibility index (Phi) is 3.59. The fourth-order valence-electron chi connectivity index (χ4n) is 1.01. The first-order valence-corrected chi connectivity index (χ1v) is 4.25. The number of carbonyl (C=O) groups is 1. The number of aromatic nitrogens is 1. The minimum absolute atomic E-state index is 0.0982. The molecule has 0 saturated heterocycles. The molecule has 0 aliphatic rings. The van der Waals surface area contributed by atoms with Crippen LogP contribution in [0.5, 0.6) is 5.75 Å². The van der Waals surface area contributed by atoms with Crippen LogP contribution in [0.1, 0.15) is 17.3 Å². The van der Waals surface area contributed by atoms with Crippen molar-refractivity contribution in [1.29, 1.82) is 0 Å². The number of methoxy groups -OCH3 is 2. The molecular formula is C10H13NO3. The monoisotopic (exact) mass is 195 g/mol. The highest BCUT2D eigenvalue weighted by atomic mass is 16.5. The summed E-state index contributed by atoms with van der Waals surface area (Å²) in [5, 5.41) is 0. The molecule has 1 aromatic rings. The van der Waals surface area contributed by atoms with Crippen LogP contribution in [-0.2, 0) is 4.74 Å². The summed E-state index contributed by atoms with van der Waals surface area (Å²) >= 11 is 0. The Balaban J connectivity index is 2.90. The molecule has 0 N–H and O–H groups in total. The largest absolute Gasteiger partial charge is 0.495 e. The highest BCUT2D eigenvalue weighted by Gasteiger charge is 2.14. The first-order chi connectivity index (χ1) is 6.69. The average Bonchev–Trinajstić information content (AvgIpc) is 2.27. The Morgan fingerprint density at radius 2 is 2.14 bits per heavy atom. The van der Waals surface area contributed by atoms with Gasteiger partial charge in [0.25, 0.3) is 0 Å². The van der Waals surface area contributed by atoms with Crippen molar-refractivity contribution >= 4 is 5.78 Å².